The maximum atomic E-state index is 13.2. The number of hydrogen-bond donors (Lipinski definition) is 0. The summed E-state index contributed by atoms with van der Waals surface area (Å²) < 4.78 is 1.41. The SMILES string of the molecule is Cc1ccc(C(=O)Cn2cnc3sc(C)c(-c4ccc(C)cc4)c3c2=O)cc1. The predicted octanol–water partition coefficient (Wildman–Crippen LogP) is 4.93. The van der Waals surface area contributed by atoms with E-state index in [2.05, 4.69) is 4.98 Å². The molecule has 0 fully saturated rings. The van der Waals surface area contributed by atoms with Gasteiger partial charge in [0.2, 0.25) is 0 Å². The van der Waals surface area contributed by atoms with Crippen LogP contribution >= 0.6 is 11.3 Å². The van der Waals surface area contributed by atoms with Gasteiger partial charge < -0.3 is 0 Å². The molecule has 0 N–H and O–H groups in total. The molecule has 4 aromatic rings. The Labute approximate surface area is 167 Å². The Kier molecular flexibility index (Phi) is 4.69. The average molecular weight is 388 g/mol. The Morgan fingerprint density at radius 2 is 1.57 bits per heavy atom. The highest BCUT2D eigenvalue weighted by molar-refractivity contribution is 7.19. The summed E-state index contributed by atoms with van der Waals surface area (Å²) in [7, 11) is 0. The quantitative estimate of drug-likeness (QED) is 0.466. The van der Waals surface area contributed by atoms with Gasteiger partial charge >= 0.3 is 0 Å². The van der Waals surface area contributed by atoms with Gasteiger partial charge in [-0.05, 0) is 26.3 Å². The maximum absolute atomic E-state index is 13.2. The fourth-order valence-electron chi connectivity index (χ4n) is 3.30. The van der Waals surface area contributed by atoms with E-state index in [9.17, 15) is 9.59 Å². The van der Waals surface area contributed by atoms with E-state index in [4.69, 9.17) is 0 Å². The summed E-state index contributed by atoms with van der Waals surface area (Å²) in [6, 6.07) is 15.5. The highest BCUT2D eigenvalue weighted by Crippen LogP contribution is 2.35. The molecule has 140 valence electrons. The summed E-state index contributed by atoms with van der Waals surface area (Å²) in [4.78, 5) is 32.0. The Balaban J connectivity index is 1.79. The van der Waals surface area contributed by atoms with Crippen molar-refractivity contribution in [1.29, 1.82) is 0 Å². The minimum Gasteiger partial charge on any atom is -0.292 e. The largest absolute Gasteiger partial charge is 0.292 e. The van der Waals surface area contributed by atoms with Crippen LogP contribution in [0.15, 0.2) is 59.7 Å². The summed E-state index contributed by atoms with van der Waals surface area (Å²) in [5.41, 5.74) is 4.59. The Hall–Kier alpha value is -3.05. The molecule has 2 aromatic heterocycles. The van der Waals surface area contributed by atoms with Crippen LogP contribution in [0.4, 0.5) is 0 Å². The van der Waals surface area contributed by atoms with Crippen LogP contribution in [-0.4, -0.2) is 15.3 Å². The first-order chi connectivity index (χ1) is 13.4. The third kappa shape index (κ3) is 3.29. The smallest absolute Gasteiger partial charge is 0.263 e. The Morgan fingerprint density at radius 1 is 0.964 bits per heavy atom. The van der Waals surface area contributed by atoms with E-state index < -0.39 is 0 Å². The molecule has 4 nitrogen and oxygen atoms in total. The zero-order valence-electron chi connectivity index (χ0n) is 16.0. The molecule has 0 radical (unpaired) electrons. The van der Waals surface area contributed by atoms with Gasteiger partial charge in [-0.3, -0.25) is 14.2 Å². The topological polar surface area (TPSA) is 52.0 Å². The first kappa shape index (κ1) is 18.3. The number of benzene rings is 2. The van der Waals surface area contributed by atoms with Crippen molar-refractivity contribution in [3.05, 3.63) is 86.8 Å². The van der Waals surface area contributed by atoms with Gasteiger partial charge in [0.25, 0.3) is 5.56 Å². The number of ketones is 1. The molecule has 0 saturated heterocycles. The monoisotopic (exact) mass is 388 g/mol. The first-order valence-electron chi connectivity index (χ1n) is 9.09. The number of fused-ring (bicyclic) bond motifs is 1. The minimum atomic E-state index is -0.176. The second-order valence-electron chi connectivity index (χ2n) is 7.05. The van der Waals surface area contributed by atoms with Crippen molar-refractivity contribution in [1.82, 2.24) is 9.55 Å². The second kappa shape index (κ2) is 7.17. The molecular weight excluding hydrogens is 368 g/mol. The summed E-state index contributed by atoms with van der Waals surface area (Å²) >= 11 is 1.51. The van der Waals surface area contributed by atoms with Crippen LogP contribution in [0.25, 0.3) is 21.3 Å². The van der Waals surface area contributed by atoms with Crippen LogP contribution in [0.1, 0.15) is 26.4 Å². The van der Waals surface area contributed by atoms with Crippen LogP contribution < -0.4 is 5.56 Å². The van der Waals surface area contributed by atoms with Gasteiger partial charge in [-0.25, -0.2) is 4.98 Å². The molecule has 0 aliphatic carbocycles. The predicted molar refractivity (Wildman–Crippen MR) is 114 cm³/mol. The maximum Gasteiger partial charge on any atom is 0.263 e. The zero-order chi connectivity index (χ0) is 19.8. The van der Waals surface area contributed by atoms with E-state index in [1.807, 2.05) is 57.2 Å². The standard InChI is InChI=1S/C23H20N2O2S/c1-14-4-8-17(9-5-14)19(26)12-25-13-24-22-21(23(25)27)20(16(3)28-22)18-10-6-15(2)7-11-18/h4-11,13H,12H2,1-3H3. The molecule has 0 unspecified atom stereocenters. The van der Waals surface area contributed by atoms with Gasteiger partial charge in [-0.2, -0.15) is 0 Å². The number of thiophene rings is 1. The highest BCUT2D eigenvalue weighted by atomic mass is 32.1. The molecule has 2 aromatic carbocycles. The lowest BCUT2D eigenvalue weighted by Gasteiger charge is -2.07. The third-order valence-electron chi connectivity index (χ3n) is 4.88. The summed E-state index contributed by atoms with van der Waals surface area (Å²) in [6.07, 6.45) is 1.48. The van der Waals surface area contributed by atoms with E-state index in [0.29, 0.717) is 15.8 Å². The lowest BCUT2D eigenvalue weighted by Crippen LogP contribution is -2.24. The van der Waals surface area contributed by atoms with Crippen molar-refractivity contribution >= 4 is 27.3 Å². The number of aromatic nitrogens is 2. The van der Waals surface area contributed by atoms with Crippen LogP contribution in [0, 0.1) is 20.8 Å². The summed E-state index contributed by atoms with van der Waals surface area (Å²) in [6.45, 7) is 5.99. The molecule has 0 amide bonds. The van der Waals surface area contributed by atoms with Gasteiger partial charge in [0.1, 0.15) is 4.83 Å². The summed E-state index contributed by atoms with van der Waals surface area (Å²) in [5.74, 6) is -0.105. The number of hydrogen-bond acceptors (Lipinski definition) is 4. The Bertz CT molecular complexity index is 1230. The van der Waals surface area contributed by atoms with Crippen LogP contribution in [0.3, 0.4) is 0 Å². The van der Waals surface area contributed by atoms with E-state index in [-0.39, 0.29) is 17.9 Å². The number of Topliss-reactive ketones (excluding diaryl/α,β-unsaturated/α-hetero) is 1. The van der Waals surface area contributed by atoms with Gasteiger partial charge in [0, 0.05) is 16.0 Å². The van der Waals surface area contributed by atoms with Crippen LogP contribution in [-0.2, 0) is 6.54 Å². The average Bonchev–Trinajstić information content (AvgIpc) is 3.02. The molecule has 0 atom stereocenters. The second-order valence-corrected chi connectivity index (χ2v) is 8.25. The molecule has 0 spiro atoms. The van der Waals surface area contributed by atoms with Gasteiger partial charge in [0.05, 0.1) is 18.3 Å². The molecule has 28 heavy (non-hydrogen) atoms. The van der Waals surface area contributed by atoms with Crippen molar-refractivity contribution in [2.24, 2.45) is 0 Å². The van der Waals surface area contributed by atoms with Gasteiger partial charge in [-0.1, -0.05) is 59.7 Å². The number of carbonyl (C=O) groups is 1. The zero-order valence-corrected chi connectivity index (χ0v) is 16.8. The van der Waals surface area contributed by atoms with E-state index in [0.717, 1.165) is 21.6 Å². The number of rotatable bonds is 4. The fourth-order valence-corrected chi connectivity index (χ4v) is 4.31. The Morgan fingerprint density at radius 3 is 2.21 bits per heavy atom. The molecule has 4 rings (SSSR count). The molecule has 0 aliphatic rings. The first-order valence-corrected chi connectivity index (χ1v) is 9.91. The molecule has 2 heterocycles. The number of aryl methyl sites for hydroxylation is 3. The van der Waals surface area contributed by atoms with Crippen LogP contribution in [0.5, 0.6) is 0 Å². The van der Waals surface area contributed by atoms with Crippen molar-refractivity contribution in [3.8, 4) is 11.1 Å². The van der Waals surface area contributed by atoms with Crippen molar-refractivity contribution in [3.63, 3.8) is 0 Å². The molecule has 0 bridgehead atoms. The molecule has 5 heteroatoms. The van der Waals surface area contributed by atoms with E-state index in [1.54, 1.807) is 12.1 Å². The van der Waals surface area contributed by atoms with Crippen molar-refractivity contribution in [2.75, 3.05) is 0 Å². The van der Waals surface area contributed by atoms with E-state index in [1.165, 1.54) is 27.8 Å². The van der Waals surface area contributed by atoms with E-state index >= 15 is 0 Å². The van der Waals surface area contributed by atoms with Crippen molar-refractivity contribution in [2.45, 2.75) is 27.3 Å². The molecular formula is C23H20N2O2S. The molecule has 0 saturated carbocycles. The van der Waals surface area contributed by atoms with Gasteiger partial charge in [-0.15, -0.1) is 11.3 Å². The number of carbonyl (C=O) groups excluding carboxylic acids is 1. The lowest BCUT2D eigenvalue weighted by molar-refractivity contribution is 0.0970. The minimum absolute atomic E-state index is 0.0208. The van der Waals surface area contributed by atoms with Gasteiger partial charge in [0.15, 0.2) is 5.78 Å². The highest BCUT2D eigenvalue weighted by Gasteiger charge is 2.18. The third-order valence-corrected chi connectivity index (χ3v) is 5.90. The fraction of sp³-hybridized carbons (Fsp3) is 0.174. The molecule has 0 aliphatic heterocycles. The number of nitrogens with zero attached hydrogens (tertiary/aromatic N) is 2. The summed E-state index contributed by atoms with van der Waals surface area (Å²) in [5, 5.41) is 0.588. The lowest BCUT2D eigenvalue weighted by atomic mass is 10.0. The van der Waals surface area contributed by atoms with Crippen molar-refractivity contribution < 1.29 is 4.79 Å². The van der Waals surface area contributed by atoms with Crippen LogP contribution in [0.2, 0.25) is 0 Å². The normalized spacial score (nSPS) is 11.1.